The topological polar surface area (TPSA) is 94.2 Å². The molecule has 0 saturated carbocycles. The fourth-order valence-electron chi connectivity index (χ4n) is 3.64. The van der Waals surface area contributed by atoms with Crippen molar-refractivity contribution < 1.29 is 28.6 Å². The first-order valence-electron chi connectivity index (χ1n) is 11.1. The van der Waals surface area contributed by atoms with Crippen molar-refractivity contribution in [3.8, 4) is 5.75 Å². The van der Waals surface area contributed by atoms with Gasteiger partial charge in [-0.15, -0.1) is 0 Å². The van der Waals surface area contributed by atoms with Crippen LogP contribution in [0.4, 0.5) is 0 Å². The molecule has 1 unspecified atom stereocenters. The molecule has 8 nitrogen and oxygen atoms in total. The first-order chi connectivity index (χ1) is 16.1. The van der Waals surface area contributed by atoms with Crippen molar-refractivity contribution in [3.63, 3.8) is 0 Å². The predicted molar refractivity (Wildman–Crippen MR) is 122 cm³/mol. The van der Waals surface area contributed by atoms with Gasteiger partial charge in [0.25, 0.3) is 5.91 Å². The van der Waals surface area contributed by atoms with Crippen molar-refractivity contribution in [2.75, 3.05) is 40.0 Å². The van der Waals surface area contributed by atoms with Crippen LogP contribution in [-0.2, 0) is 25.5 Å². The number of hydrogen-bond acceptors (Lipinski definition) is 6. The minimum Gasteiger partial charge on any atom is -0.490 e. The Balaban J connectivity index is 1.59. The number of nitrogens with one attached hydrogen (secondary N) is 1. The molecule has 1 fully saturated rings. The van der Waals surface area contributed by atoms with Gasteiger partial charge in [0.2, 0.25) is 5.91 Å². The molecule has 3 rings (SSSR count). The number of carbonyl (C=O) groups excluding carboxylic acids is 3. The number of ether oxygens (including phenoxy) is 3. The lowest BCUT2D eigenvalue weighted by Crippen LogP contribution is -2.57. The minimum atomic E-state index is -0.931. The number of esters is 1. The van der Waals surface area contributed by atoms with E-state index >= 15 is 0 Å². The summed E-state index contributed by atoms with van der Waals surface area (Å²) in [5, 5.41) is 2.73. The van der Waals surface area contributed by atoms with Crippen LogP contribution in [0.1, 0.15) is 28.8 Å². The third-order valence-corrected chi connectivity index (χ3v) is 5.33. The highest BCUT2D eigenvalue weighted by Crippen LogP contribution is 2.23. The Kier molecular flexibility index (Phi) is 9.26. The summed E-state index contributed by atoms with van der Waals surface area (Å²) in [7, 11) is 1.57. The molecule has 8 heteroatoms. The standard InChI is InChI=1S/C25H30N2O6/c1-31-16-17-32-22-12-6-5-11-20(22)25(30)27-14-13-26-24(29)21(27)18-23(28)33-15-7-10-19-8-3-2-4-9-19/h2-6,8-9,11-12,21H,7,10,13-18H2,1H3,(H,26,29). The van der Waals surface area contributed by atoms with Gasteiger partial charge < -0.3 is 24.4 Å². The zero-order valence-corrected chi connectivity index (χ0v) is 18.8. The van der Waals surface area contributed by atoms with Gasteiger partial charge in [-0.2, -0.15) is 0 Å². The van der Waals surface area contributed by atoms with Crippen LogP contribution in [0.3, 0.4) is 0 Å². The smallest absolute Gasteiger partial charge is 0.308 e. The van der Waals surface area contributed by atoms with Crippen LogP contribution >= 0.6 is 0 Å². The zero-order chi connectivity index (χ0) is 23.5. The lowest BCUT2D eigenvalue weighted by molar-refractivity contribution is -0.147. The molecule has 0 radical (unpaired) electrons. The Morgan fingerprint density at radius 2 is 1.79 bits per heavy atom. The summed E-state index contributed by atoms with van der Waals surface area (Å²) in [5.74, 6) is -0.825. The number of aryl methyl sites for hydroxylation is 1. The zero-order valence-electron chi connectivity index (χ0n) is 18.8. The van der Waals surface area contributed by atoms with E-state index in [9.17, 15) is 14.4 Å². The Morgan fingerprint density at radius 1 is 1.03 bits per heavy atom. The summed E-state index contributed by atoms with van der Waals surface area (Å²) in [6, 6.07) is 15.9. The van der Waals surface area contributed by atoms with Gasteiger partial charge in [0, 0.05) is 20.2 Å². The van der Waals surface area contributed by atoms with Gasteiger partial charge in [-0.25, -0.2) is 0 Å². The summed E-state index contributed by atoms with van der Waals surface area (Å²) in [6.45, 7) is 1.54. The third kappa shape index (κ3) is 7.05. The molecule has 1 aliphatic rings. The van der Waals surface area contributed by atoms with E-state index in [4.69, 9.17) is 14.2 Å². The summed E-state index contributed by atoms with van der Waals surface area (Å²) in [4.78, 5) is 39.7. The Labute approximate surface area is 193 Å². The Hall–Kier alpha value is -3.39. The van der Waals surface area contributed by atoms with Crippen LogP contribution in [-0.4, -0.2) is 68.7 Å². The lowest BCUT2D eigenvalue weighted by Gasteiger charge is -2.34. The molecule has 2 amide bonds. The summed E-state index contributed by atoms with van der Waals surface area (Å²) < 4.78 is 16.0. The lowest BCUT2D eigenvalue weighted by atomic mass is 10.1. The van der Waals surface area contributed by atoms with E-state index in [0.717, 1.165) is 6.42 Å². The van der Waals surface area contributed by atoms with Crippen LogP contribution < -0.4 is 10.1 Å². The van der Waals surface area contributed by atoms with Gasteiger partial charge in [-0.05, 0) is 30.5 Å². The van der Waals surface area contributed by atoms with Gasteiger partial charge in [0.1, 0.15) is 18.4 Å². The summed E-state index contributed by atoms with van der Waals surface area (Å²) in [6.07, 6.45) is 1.28. The van der Waals surface area contributed by atoms with Crippen molar-refractivity contribution >= 4 is 17.8 Å². The predicted octanol–water partition coefficient (Wildman–Crippen LogP) is 2.22. The first-order valence-corrected chi connectivity index (χ1v) is 11.1. The van der Waals surface area contributed by atoms with Gasteiger partial charge >= 0.3 is 5.97 Å². The molecule has 1 N–H and O–H groups in total. The second-order valence-corrected chi connectivity index (χ2v) is 7.66. The van der Waals surface area contributed by atoms with Gasteiger partial charge in [-0.3, -0.25) is 14.4 Å². The molecular formula is C25H30N2O6. The van der Waals surface area contributed by atoms with Crippen molar-refractivity contribution in [2.45, 2.75) is 25.3 Å². The molecule has 2 aromatic rings. The third-order valence-electron chi connectivity index (χ3n) is 5.33. The molecule has 2 aromatic carbocycles. The fourth-order valence-corrected chi connectivity index (χ4v) is 3.64. The summed E-state index contributed by atoms with van der Waals surface area (Å²) >= 11 is 0. The number of piperazine rings is 1. The second-order valence-electron chi connectivity index (χ2n) is 7.66. The SMILES string of the molecule is COCCOc1ccccc1C(=O)N1CCNC(=O)C1CC(=O)OCCCc1ccccc1. The molecule has 33 heavy (non-hydrogen) atoms. The van der Waals surface area contributed by atoms with Crippen molar-refractivity contribution in [2.24, 2.45) is 0 Å². The molecule has 1 heterocycles. The Morgan fingerprint density at radius 3 is 2.58 bits per heavy atom. The molecule has 1 aliphatic heterocycles. The number of hydrogen-bond donors (Lipinski definition) is 1. The van der Waals surface area contributed by atoms with Crippen LogP contribution in [0.15, 0.2) is 54.6 Å². The van der Waals surface area contributed by atoms with Crippen molar-refractivity contribution in [1.29, 1.82) is 0 Å². The largest absolute Gasteiger partial charge is 0.490 e. The molecule has 176 valence electrons. The number of para-hydroxylation sites is 1. The molecule has 0 bridgehead atoms. The average molecular weight is 455 g/mol. The first kappa shape index (κ1) is 24.3. The second kappa shape index (κ2) is 12.6. The summed E-state index contributed by atoms with van der Waals surface area (Å²) in [5.41, 5.74) is 1.51. The van der Waals surface area contributed by atoms with Crippen LogP contribution in [0.5, 0.6) is 5.75 Å². The minimum absolute atomic E-state index is 0.199. The van der Waals surface area contributed by atoms with Gasteiger partial charge in [-0.1, -0.05) is 42.5 Å². The maximum Gasteiger partial charge on any atom is 0.308 e. The number of benzene rings is 2. The van der Waals surface area contributed by atoms with Crippen LogP contribution in [0.25, 0.3) is 0 Å². The molecule has 0 spiro atoms. The highest BCUT2D eigenvalue weighted by Gasteiger charge is 2.36. The highest BCUT2D eigenvalue weighted by atomic mass is 16.5. The maximum absolute atomic E-state index is 13.3. The molecular weight excluding hydrogens is 424 g/mol. The van der Waals surface area contributed by atoms with Crippen LogP contribution in [0.2, 0.25) is 0 Å². The maximum atomic E-state index is 13.3. The van der Waals surface area contributed by atoms with E-state index in [1.807, 2.05) is 30.3 Å². The average Bonchev–Trinajstić information content (AvgIpc) is 2.84. The van der Waals surface area contributed by atoms with Crippen molar-refractivity contribution in [3.05, 3.63) is 65.7 Å². The normalized spacial score (nSPS) is 15.6. The molecule has 1 atom stereocenters. The fraction of sp³-hybridized carbons (Fsp3) is 0.400. The van der Waals surface area contributed by atoms with E-state index in [1.54, 1.807) is 31.4 Å². The van der Waals surface area contributed by atoms with Gasteiger partial charge in [0.15, 0.2) is 0 Å². The van der Waals surface area contributed by atoms with Gasteiger partial charge in [0.05, 0.1) is 25.2 Å². The monoisotopic (exact) mass is 454 g/mol. The van der Waals surface area contributed by atoms with E-state index in [2.05, 4.69) is 5.32 Å². The van der Waals surface area contributed by atoms with E-state index < -0.39 is 12.0 Å². The van der Waals surface area contributed by atoms with E-state index in [-0.39, 0.29) is 24.8 Å². The number of amides is 2. The molecule has 0 aromatic heterocycles. The number of rotatable bonds is 11. The number of nitrogens with zero attached hydrogens (tertiary/aromatic N) is 1. The molecule has 1 saturated heterocycles. The highest BCUT2D eigenvalue weighted by molar-refractivity contribution is 6.01. The van der Waals surface area contributed by atoms with Crippen LogP contribution in [0, 0.1) is 0 Å². The van der Waals surface area contributed by atoms with Crippen molar-refractivity contribution in [1.82, 2.24) is 10.2 Å². The number of methoxy groups -OCH3 is 1. The number of carbonyl (C=O) groups is 3. The Bertz CT molecular complexity index is 934. The van der Waals surface area contributed by atoms with E-state index in [1.165, 1.54) is 10.5 Å². The molecule has 0 aliphatic carbocycles. The quantitative estimate of drug-likeness (QED) is 0.413. The van der Waals surface area contributed by atoms with E-state index in [0.29, 0.717) is 44.0 Å².